The van der Waals surface area contributed by atoms with Crippen LogP contribution in [0.5, 0.6) is 5.75 Å². The van der Waals surface area contributed by atoms with Crippen molar-refractivity contribution in [2.75, 3.05) is 0 Å². The second-order valence-corrected chi connectivity index (χ2v) is 17.1. The topological polar surface area (TPSA) is 20.2 Å². The standard InChI is InChI=1S/C25H18OS.C16H16.C15H16/c1-16-2-4-17(5-3-16)18-6-8-19(9-7-18)20-10-12-24-22(14-20)23-15-21(26)11-13-25(23)27-24;1-11-8-9-13-12-6-4-5-7-14(12)16(2,3)15(13)10-11;1-2-6-13-9-11-15(12-10-13)14-7-4-3-5-8-14/h2-15,26H,1H3;4-10H,1-3H3;3-5,7-12H,2,6H2,1H3. The first kappa shape index (κ1) is 38.6. The van der Waals surface area contributed by atoms with Gasteiger partial charge in [-0.15, -0.1) is 11.3 Å². The van der Waals surface area contributed by atoms with Gasteiger partial charge in [-0.25, -0.2) is 0 Å². The summed E-state index contributed by atoms with van der Waals surface area (Å²) < 4.78 is 2.45. The van der Waals surface area contributed by atoms with Gasteiger partial charge in [0.15, 0.2) is 0 Å². The maximum absolute atomic E-state index is 9.85. The molecule has 1 N–H and O–H groups in total. The Morgan fingerprint density at radius 3 is 1.62 bits per heavy atom. The van der Waals surface area contributed by atoms with E-state index < -0.39 is 0 Å². The lowest BCUT2D eigenvalue weighted by atomic mass is 9.82. The maximum Gasteiger partial charge on any atom is 0.116 e. The summed E-state index contributed by atoms with van der Waals surface area (Å²) in [5, 5.41) is 12.2. The van der Waals surface area contributed by atoms with E-state index in [1.807, 2.05) is 12.1 Å². The van der Waals surface area contributed by atoms with E-state index in [2.05, 4.69) is 198 Å². The lowest BCUT2D eigenvalue weighted by Gasteiger charge is -2.21. The van der Waals surface area contributed by atoms with Gasteiger partial charge in [0.25, 0.3) is 0 Å². The molecule has 1 heterocycles. The summed E-state index contributed by atoms with van der Waals surface area (Å²) in [6.07, 6.45) is 2.39. The van der Waals surface area contributed by atoms with Crippen LogP contribution < -0.4 is 0 Å². The van der Waals surface area contributed by atoms with Gasteiger partial charge in [0.1, 0.15) is 5.75 Å². The van der Waals surface area contributed by atoms with Gasteiger partial charge in [-0.2, -0.15) is 0 Å². The molecular weight excluding hydrogens is 721 g/mol. The molecule has 0 unspecified atom stereocenters. The second kappa shape index (κ2) is 16.7. The highest BCUT2D eigenvalue weighted by Gasteiger charge is 2.34. The van der Waals surface area contributed by atoms with E-state index in [-0.39, 0.29) is 5.41 Å². The SMILES string of the molecule is CCCc1ccc(-c2ccccc2)cc1.Cc1ccc(-c2ccc(-c3ccc4sc5ccc(O)cc5c4c3)cc2)cc1.Cc1ccc2c(c1)C(C)(C)c1ccccc1-2. The van der Waals surface area contributed by atoms with E-state index in [0.717, 1.165) is 5.39 Å². The Hall–Kier alpha value is -6.22. The predicted molar refractivity (Wildman–Crippen MR) is 251 cm³/mol. The van der Waals surface area contributed by atoms with E-state index >= 15 is 0 Å². The molecule has 0 amide bonds. The minimum atomic E-state index is 0.151. The van der Waals surface area contributed by atoms with Crippen LogP contribution in [0.15, 0.2) is 182 Å². The summed E-state index contributed by atoms with van der Waals surface area (Å²) in [6.45, 7) is 11.1. The summed E-state index contributed by atoms with van der Waals surface area (Å²) in [5.74, 6) is 0.315. The Labute approximate surface area is 347 Å². The number of hydrogen-bond donors (Lipinski definition) is 1. The molecule has 0 radical (unpaired) electrons. The van der Waals surface area contributed by atoms with Crippen molar-refractivity contribution in [2.24, 2.45) is 0 Å². The summed E-state index contributed by atoms with van der Waals surface area (Å²) in [5.41, 5.74) is 17.4. The molecule has 1 nitrogen and oxygen atoms in total. The molecule has 0 saturated heterocycles. The van der Waals surface area contributed by atoms with Gasteiger partial charge in [-0.3, -0.25) is 0 Å². The smallest absolute Gasteiger partial charge is 0.116 e. The maximum atomic E-state index is 9.85. The Morgan fingerprint density at radius 2 is 0.948 bits per heavy atom. The number of hydrogen-bond acceptors (Lipinski definition) is 2. The molecule has 0 bridgehead atoms. The van der Waals surface area contributed by atoms with Crippen LogP contribution >= 0.6 is 11.3 Å². The summed E-state index contributed by atoms with van der Waals surface area (Å²) >= 11 is 1.76. The lowest BCUT2D eigenvalue weighted by Crippen LogP contribution is -2.14. The largest absolute Gasteiger partial charge is 0.508 e. The molecule has 286 valence electrons. The Bertz CT molecular complexity index is 2810. The fraction of sp³-hybridized carbons (Fsp3) is 0.143. The second-order valence-electron chi connectivity index (χ2n) is 16.0. The molecule has 9 aromatic rings. The molecule has 0 fully saturated rings. The van der Waals surface area contributed by atoms with Gasteiger partial charge in [-0.05, 0) is 112 Å². The van der Waals surface area contributed by atoms with Crippen LogP contribution in [0.25, 0.3) is 64.7 Å². The third kappa shape index (κ3) is 8.12. The number of benzene rings is 8. The molecule has 8 aromatic carbocycles. The highest BCUT2D eigenvalue weighted by atomic mass is 32.1. The number of aryl methyl sites for hydroxylation is 3. The van der Waals surface area contributed by atoms with Crippen molar-refractivity contribution >= 4 is 31.5 Å². The third-order valence-corrected chi connectivity index (χ3v) is 12.5. The number of phenolic OH excluding ortho intramolecular Hbond substituents is 1. The molecule has 1 aliphatic carbocycles. The first-order chi connectivity index (χ1) is 28.2. The molecule has 0 aliphatic heterocycles. The van der Waals surface area contributed by atoms with Crippen LogP contribution in [0, 0.1) is 13.8 Å². The minimum Gasteiger partial charge on any atom is -0.508 e. The van der Waals surface area contributed by atoms with E-state index in [1.54, 1.807) is 17.4 Å². The van der Waals surface area contributed by atoms with Gasteiger partial charge in [0.2, 0.25) is 0 Å². The lowest BCUT2D eigenvalue weighted by molar-refractivity contribution is 0.476. The number of rotatable bonds is 5. The summed E-state index contributed by atoms with van der Waals surface area (Å²) in [6, 6.07) is 64.5. The Kier molecular flexibility index (Phi) is 11.1. The first-order valence-electron chi connectivity index (χ1n) is 20.4. The van der Waals surface area contributed by atoms with Crippen LogP contribution in [-0.2, 0) is 11.8 Å². The zero-order chi connectivity index (χ0) is 40.2. The summed E-state index contributed by atoms with van der Waals surface area (Å²) in [7, 11) is 0. The van der Waals surface area contributed by atoms with Crippen molar-refractivity contribution in [3.63, 3.8) is 0 Å². The number of thiophene rings is 1. The van der Waals surface area contributed by atoms with Crippen LogP contribution in [0.4, 0.5) is 0 Å². The fourth-order valence-electron chi connectivity index (χ4n) is 8.15. The third-order valence-electron chi connectivity index (χ3n) is 11.4. The van der Waals surface area contributed by atoms with Gasteiger partial charge < -0.3 is 5.11 Å². The minimum absolute atomic E-state index is 0.151. The number of phenols is 1. The molecule has 0 saturated carbocycles. The summed E-state index contributed by atoms with van der Waals surface area (Å²) in [4.78, 5) is 0. The molecule has 58 heavy (non-hydrogen) atoms. The molecule has 0 spiro atoms. The van der Waals surface area contributed by atoms with Gasteiger partial charge in [0, 0.05) is 25.6 Å². The molecule has 1 aromatic heterocycles. The quantitative estimate of drug-likeness (QED) is 0.185. The van der Waals surface area contributed by atoms with Crippen molar-refractivity contribution in [3.05, 3.63) is 210 Å². The molecule has 0 atom stereocenters. The van der Waals surface area contributed by atoms with Crippen LogP contribution in [0.3, 0.4) is 0 Å². The zero-order valence-corrected chi connectivity index (χ0v) is 34.9. The highest BCUT2D eigenvalue weighted by molar-refractivity contribution is 7.25. The average molecular weight is 771 g/mol. The first-order valence-corrected chi connectivity index (χ1v) is 21.2. The monoisotopic (exact) mass is 770 g/mol. The Balaban J connectivity index is 0.000000130. The average Bonchev–Trinajstić information content (AvgIpc) is 3.72. The molecule has 1 aliphatic rings. The normalized spacial score (nSPS) is 12.2. The predicted octanol–water partition coefficient (Wildman–Crippen LogP) is 16.0. The van der Waals surface area contributed by atoms with E-state index in [0.29, 0.717) is 5.75 Å². The van der Waals surface area contributed by atoms with E-state index in [4.69, 9.17) is 0 Å². The van der Waals surface area contributed by atoms with Crippen molar-refractivity contribution in [2.45, 2.75) is 52.9 Å². The van der Waals surface area contributed by atoms with Crippen LogP contribution in [0.1, 0.15) is 55.0 Å². The number of fused-ring (bicyclic) bond motifs is 6. The molecule has 2 heteroatoms. The van der Waals surface area contributed by atoms with Crippen molar-refractivity contribution in [3.8, 4) is 50.3 Å². The van der Waals surface area contributed by atoms with Gasteiger partial charge in [0.05, 0.1) is 0 Å². The van der Waals surface area contributed by atoms with Crippen LogP contribution in [-0.4, -0.2) is 5.11 Å². The fourth-order valence-corrected chi connectivity index (χ4v) is 9.21. The van der Waals surface area contributed by atoms with Crippen molar-refractivity contribution < 1.29 is 5.11 Å². The Morgan fingerprint density at radius 1 is 0.448 bits per heavy atom. The zero-order valence-electron chi connectivity index (χ0n) is 34.1. The molecule has 10 rings (SSSR count). The highest BCUT2D eigenvalue weighted by Crippen LogP contribution is 2.48. The van der Waals surface area contributed by atoms with Crippen LogP contribution in [0.2, 0.25) is 0 Å². The van der Waals surface area contributed by atoms with Crippen molar-refractivity contribution in [1.82, 2.24) is 0 Å². The van der Waals surface area contributed by atoms with Gasteiger partial charge in [-0.1, -0.05) is 190 Å². The van der Waals surface area contributed by atoms with Crippen molar-refractivity contribution in [1.29, 1.82) is 0 Å². The van der Waals surface area contributed by atoms with Gasteiger partial charge >= 0.3 is 0 Å². The van der Waals surface area contributed by atoms with E-state index in [9.17, 15) is 5.11 Å². The van der Waals surface area contributed by atoms with E-state index in [1.165, 1.54) is 100.0 Å². The number of aromatic hydroxyl groups is 1. The molecular formula is C56H50OS.